The van der Waals surface area contributed by atoms with E-state index in [0.29, 0.717) is 23.7 Å². The van der Waals surface area contributed by atoms with Crippen LogP contribution in [0, 0.1) is 0 Å². The number of nitrogens with zero attached hydrogens (tertiary/aromatic N) is 1. The summed E-state index contributed by atoms with van der Waals surface area (Å²) in [6, 6.07) is 10.7. The Kier molecular flexibility index (Phi) is 4.10. The van der Waals surface area contributed by atoms with Crippen LogP contribution in [-0.2, 0) is 11.3 Å². The molecule has 2 rings (SSSR count). The minimum atomic E-state index is -0.269. The Morgan fingerprint density at radius 3 is 2.89 bits per heavy atom. The number of rotatable bonds is 4. The van der Waals surface area contributed by atoms with Gasteiger partial charge >= 0.3 is 0 Å². The van der Waals surface area contributed by atoms with Gasteiger partial charge in [-0.05, 0) is 29.8 Å². The normalized spacial score (nSPS) is 10.2. The SMILES string of the molecule is COCc1cccc(NC(=O)c2ccc(N)cn2)c1. The third-order valence-corrected chi connectivity index (χ3v) is 2.51. The number of hydrogen-bond donors (Lipinski definition) is 2. The Morgan fingerprint density at radius 2 is 2.21 bits per heavy atom. The first-order valence-corrected chi connectivity index (χ1v) is 5.80. The van der Waals surface area contributed by atoms with Gasteiger partial charge in [0.25, 0.3) is 5.91 Å². The van der Waals surface area contributed by atoms with E-state index in [1.807, 2.05) is 24.3 Å². The summed E-state index contributed by atoms with van der Waals surface area (Å²) in [5, 5.41) is 2.78. The number of hydrogen-bond acceptors (Lipinski definition) is 4. The lowest BCUT2D eigenvalue weighted by Crippen LogP contribution is -2.13. The van der Waals surface area contributed by atoms with Crippen LogP contribution < -0.4 is 11.1 Å². The summed E-state index contributed by atoms with van der Waals surface area (Å²) < 4.78 is 5.05. The van der Waals surface area contributed by atoms with Gasteiger partial charge in [0.1, 0.15) is 5.69 Å². The molecular weight excluding hydrogens is 242 g/mol. The number of anilines is 2. The monoisotopic (exact) mass is 257 g/mol. The zero-order valence-electron chi connectivity index (χ0n) is 10.6. The molecule has 5 heteroatoms. The van der Waals surface area contributed by atoms with Crippen LogP contribution in [0.25, 0.3) is 0 Å². The van der Waals surface area contributed by atoms with Gasteiger partial charge < -0.3 is 15.8 Å². The second-order valence-electron chi connectivity index (χ2n) is 4.06. The van der Waals surface area contributed by atoms with E-state index in [4.69, 9.17) is 10.5 Å². The molecule has 0 atom stereocenters. The fourth-order valence-corrected chi connectivity index (χ4v) is 1.64. The molecule has 98 valence electrons. The molecule has 5 nitrogen and oxygen atoms in total. The van der Waals surface area contributed by atoms with Crippen LogP contribution in [-0.4, -0.2) is 18.0 Å². The van der Waals surface area contributed by atoms with Crippen LogP contribution in [0.4, 0.5) is 11.4 Å². The van der Waals surface area contributed by atoms with E-state index in [1.165, 1.54) is 6.20 Å². The lowest BCUT2D eigenvalue weighted by Gasteiger charge is -2.07. The Hall–Kier alpha value is -2.40. The molecule has 1 heterocycles. The first-order chi connectivity index (χ1) is 9.19. The van der Waals surface area contributed by atoms with E-state index in [1.54, 1.807) is 19.2 Å². The molecule has 0 spiro atoms. The van der Waals surface area contributed by atoms with E-state index >= 15 is 0 Å². The number of amides is 1. The minimum Gasteiger partial charge on any atom is -0.397 e. The van der Waals surface area contributed by atoms with Gasteiger partial charge in [0, 0.05) is 12.8 Å². The molecule has 1 aromatic carbocycles. The first kappa shape index (κ1) is 13.0. The summed E-state index contributed by atoms with van der Waals surface area (Å²) in [4.78, 5) is 15.9. The predicted molar refractivity (Wildman–Crippen MR) is 73.8 cm³/mol. The van der Waals surface area contributed by atoms with Gasteiger partial charge in [-0.25, -0.2) is 4.98 Å². The Labute approximate surface area is 111 Å². The van der Waals surface area contributed by atoms with Crippen molar-refractivity contribution in [1.29, 1.82) is 0 Å². The molecule has 0 radical (unpaired) electrons. The third-order valence-electron chi connectivity index (χ3n) is 2.51. The van der Waals surface area contributed by atoms with Gasteiger partial charge in [-0.15, -0.1) is 0 Å². The molecule has 0 saturated carbocycles. The highest BCUT2D eigenvalue weighted by Gasteiger charge is 2.07. The lowest BCUT2D eigenvalue weighted by molar-refractivity contribution is 0.102. The third kappa shape index (κ3) is 3.53. The van der Waals surface area contributed by atoms with Crippen molar-refractivity contribution in [2.45, 2.75) is 6.61 Å². The van der Waals surface area contributed by atoms with E-state index in [-0.39, 0.29) is 5.91 Å². The Bertz CT molecular complexity index is 567. The summed E-state index contributed by atoms with van der Waals surface area (Å²) in [6.45, 7) is 0.504. The van der Waals surface area contributed by atoms with Crippen LogP contribution in [0.2, 0.25) is 0 Å². The molecule has 0 aliphatic rings. The molecule has 0 aliphatic heterocycles. The van der Waals surface area contributed by atoms with E-state index < -0.39 is 0 Å². The van der Waals surface area contributed by atoms with Gasteiger partial charge in [0.2, 0.25) is 0 Å². The van der Waals surface area contributed by atoms with Crippen molar-refractivity contribution in [2.24, 2.45) is 0 Å². The average Bonchev–Trinajstić information content (AvgIpc) is 2.40. The quantitative estimate of drug-likeness (QED) is 0.879. The fourth-order valence-electron chi connectivity index (χ4n) is 1.64. The molecular formula is C14H15N3O2. The molecule has 0 bridgehead atoms. The number of nitrogen functional groups attached to an aromatic ring is 1. The Morgan fingerprint density at radius 1 is 1.37 bits per heavy atom. The molecule has 2 aromatic rings. The van der Waals surface area contributed by atoms with Crippen molar-refractivity contribution in [1.82, 2.24) is 4.98 Å². The van der Waals surface area contributed by atoms with Gasteiger partial charge in [-0.1, -0.05) is 12.1 Å². The Balaban J connectivity index is 2.10. The number of pyridine rings is 1. The maximum atomic E-state index is 11.9. The molecule has 19 heavy (non-hydrogen) atoms. The van der Waals surface area contributed by atoms with Crippen LogP contribution in [0.3, 0.4) is 0 Å². The number of aromatic nitrogens is 1. The number of nitrogens with two attached hydrogens (primary N) is 1. The molecule has 3 N–H and O–H groups in total. The molecule has 0 fully saturated rings. The topological polar surface area (TPSA) is 77.2 Å². The zero-order chi connectivity index (χ0) is 13.7. The van der Waals surface area contributed by atoms with Crippen molar-refractivity contribution in [2.75, 3.05) is 18.2 Å². The highest BCUT2D eigenvalue weighted by Crippen LogP contribution is 2.12. The molecule has 1 aromatic heterocycles. The molecule has 1 amide bonds. The summed E-state index contributed by atoms with van der Waals surface area (Å²) >= 11 is 0. The molecule has 0 aliphatic carbocycles. The minimum absolute atomic E-state index is 0.269. The molecule has 0 saturated heterocycles. The van der Waals surface area contributed by atoms with Crippen molar-refractivity contribution in [3.63, 3.8) is 0 Å². The lowest BCUT2D eigenvalue weighted by atomic mass is 10.2. The number of methoxy groups -OCH3 is 1. The van der Waals surface area contributed by atoms with Gasteiger partial charge in [-0.2, -0.15) is 0 Å². The van der Waals surface area contributed by atoms with Gasteiger partial charge in [0.05, 0.1) is 18.5 Å². The van der Waals surface area contributed by atoms with E-state index in [0.717, 1.165) is 5.56 Å². The van der Waals surface area contributed by atoms with Gasteiger partial charge in [0.15, 0.2) is 0 Å². The second-order valence-corrected chi connectivity index (χ2v) is 4.06. The molecule has 0 unspecified atom stereocenters. The smallest absolute Gasteiger partial charge is 0.274 e. The second kappa shape index (κ2) is 5.97. The van der Waals surface area contributed by atoms with Crippen molar-refractivity contribution < 1.29 is 9.53 Å². The first-order valence-electron chi connectivity index (χ1n) is 5.80. The van der Waals surface area contributed by atoms with Crippen molar-refractivity contribution in [3.05, 3.63) is 53.9 Å². The van der Waals surface area contributed by atoms with Crippen LogP contribution in [0.5, 0.6) is 0 Å². The summed E-state index contributed by atoms with van der Waals surface area (Å²) in [5.74, 6) is -0.269. The number of ether oxygens (including phenoxy) is 1. The fraction of sp³-hybridized carbons (Fsp3) is 0.143. The van der Waals surface area contributed by atoms with Crippen LogP contribution in [0.15, 0.2) is 42.6 Å². The van der Waals surface area contributed by atoms with Gasteiger partial charge in [-0.3, -0.25) is 4.79 Å². The maximum Gasteiger partial charge on any atom is 0.274 e. The van der Waals surface area contributed by atoms with Crippen LogP contribution >= 0.6 is 0 Å². The average molecular weight is 257 g/mol. The number of carbonyl (C=O) groups excluding carboxylic acids is 1. The number of nitrogens with one attached hydrogen (secondary N) is 1. The maximum absolute atomic E-state index is 11.9. The summed E-state index contributed by atoms with van der Waals surface area (Å²) in [5.41, 5.74) is 8.07. The van der Waals surface area contributed by atoms with Crippen molar-refractivity contribution >= 4 is 17.3 Å². The van der Waals surface area contributed by atoms with E-state index in [9.17, 15) is 4.79 Å². The zero-order valence-corrected chi connectivity index (χ0v) is 10.6. The standard InChI is InChI=1S/C14H15N3O2/c1-19-9-10-3-2-4-12(7-10)17-14(18)13-6-5-11(15)8-16-13/h2-8H,9,15H2,1H3,(H,17,18). The van der Waals surface area contributed by atoms with Crippen molar-refractivity contribution in [3.8, 4) is 0 Å². The predicted octanol–water partition coefficient (Wildman–Crippen LogP) is 2.06. The number of carbonyl (C=O) groups is 1. The van der Waals surface area contributed by atoms with Crippen LogP contribution in [0.1, 0.15) is 16.1 Å². The largest absolute Gasteiger partial charge is 0.397 e. The highest BCUT2D eigenvalue weighted by molar-refractivity contribution is 6.02. The highest BCUT2D eigenvalue weighted by atomic mass is 16.5. The summed E-state index contributed by atoms with van der Waals surface area (Å²) in [7, 11) is 1.63. The summed E-state index contributed by atoms with van der Waals surface area (Å²) in [6.07, 6.45) is 1.45. The van der Waals surface area contributed by atoms with E-state index in [2.05, 4.69) is 10.3 Å². The number of benzene rings is 1.